The van der Waals surface area contributed by atoms with Gasteiger partial charge in [-0.3, -0.25) is 4.79 Å². The maximum Gasteiger partial charge on any atom is 0.387 e. The minimum absolute atomic E-state index is 0.0457. The zero-order valence-corrected chi connectivity index (χ0v) is 10.6. The SMILES string of the molecule is CSc1cn(C)c2cc(OC(F)F)ccc2c1=O. The van der Waals surface area contributed by atoms with Gasteiger partial charge in [-0.1, -0.05) is 0 Å². The smallest absolute Gasteiger partial charge is 0.387 e. The summed E-state index contributed by atoms with van der Waals surface area (Å²) in [5.74, 6) is 0.0457. The Morgan fingerprint density at radius 2 is 2.11 bits per heavy atom. The molecule has 0 radical (unpaired) electrons. The van der Waals surface area contributed by atoms with Crippen molar-refractivity contribution in [1.82, 2.24) is 4.57 Å². The van der Waals surface area contributed by atoms with Gasteiger partial charge >= 0.3 is 6.61 Å². The molecule has 0 spiro atoms. The van der Waals surface area contributed by atoms with Crippen molar-refractivity contribution >= 4 is 22.7 Å². The number of aromatic nitrogens is 1. The lowest BCUT2D eigenvalue weighted by Gasteiger charge is -2.10. The van der Waals surface area contributed by atoms with Crippen LogP contribution in [0.15, 0.2) is 34.1 Å². The van der Waals surface area contributed by atoms with E-state index >= 15 is 0 Å². The second kappa shape index (κ2) is 4.97. The fourth-order valence-corrected chi connectivity index (χ4v) is 2.31. The van der Waals surface area contributed by atoms with Crippen molar-refractivity contribution in [3.63, 3.8) is 0 Å². The number of halogens is 2. The summed E-state index contributed by atoms with van der Waals surface area (Å²) in [5.41, 5.74) is 0.468. The van der Waals surface area contributed by atoms with Gasteiger partial charge < -0.3 is 9.30 Å². The van der Waals surface area contributed by atoms with E-state index in [2.05, 4.69) is 4.74 Å². The molecule has 0 fully saturated rings. The lowest BCUT2D eigenvalue weighted by atomic mass is 10.2. The summed E-state index contributed by atoms with van der Waals surface area (Å²) >= 11 is 1.35. The average Bonchev–Trinajstić information content (AvgIpc) is 2.33. The standard InChI is InChI=1S/C12H11F2NO2S/c1-15-6-10(18-2)11(16)8-4-3-7(5-9(8)15)17-12(13)14/h3-6,12H,1-2H3. The molecule has 18 heavy (non-hydrogen) atoms. The second-order valence-corrected chi connectivity index (χ2v) is 4.54. The van der Waals surface area contributed by atoms with Crippen molar-refractivity contribution in [2.24, 2.45) is 7.05 Å². The number of rotatable bonds is 3. The average molecular weight is 271 g/mol. The van der Waals surface area contributed by atoms with Crippen LogP contribution in [0.2, 0.25) is 0 Å². The first kappa shape index (κ1) is 12.9. The van der Waals surface area contributed by atoms with Crippen molar-refractivity contribution in [3.8, 4) is 5.75 Å². The van der Waals surface area contributed by atoms with Gasteiger partial charge in [0.05, 0.1) is 10.4 Å². The monoisotopic (exact) mass is 271 g/mol. The highest BCUT2D eigenvalue weighted by atomic mass is 32.2. The third kappa shape index (κ3) is 2.33. The van der Waals surface area contributed by atoms with Crippen molar-refractivity contribution in [2.75, 3.05) is 6.26 Å². The predicted octanol–water partition coefficient (Wildman–Crippen LogP) is 2.86. The fourth-order valence-electron chi connectivity index (χ4n) is 1.75. The van der Waals surface area contributed by atoms with E-state index in [1.807, 2.05) is 6.26 Å². The van der Waals surface area contributed by atoms with E-state index in [1.54, 1.807) is 17.8 Å². The van der Waals surface area contributed by atoms with E-state index in [0.717, 1.165) is 0 Å². The number of fused-ring (bicyclic) bond motifs is 1. The maximum atomic E-state index is 12.1. The number of aryl methyl sites for hydroxylation is 1. The molecule has 3 nitrogen and oxygen atoms in total. The molecule has 1 aromatic carbocycles. The minimum Gasteiger partial charge on any atom is -0.435 e. The molecule has 1 aromatic heterocycles. The Morgan fingerprint density at radius 1 is 1.39 bits per heavy atom. The van der Waals surface area contributed by atoms with Gasteiger partial charge in [-0.25, -0.2) is 0 Å². The summed E-state index contributed by atoms with van der Waals surface area (Å²) in [4.78, 5) is 12.6. The van der Waals surface area contributed by atoms with E-state index < -0.39 is 6.61 Å². The first-order valence-corrected chi connectivity index (χ1v) is 6.37. The molecule has 2 rings (SSSR count). The Balaban J connectivity index is 2.64. The quantitative estimate of drug-likeness (QED) is 0.804. The van der Waals surface area contributed by atoms with Crippen molar-refractivity contribution in [3.05, 3.63) is 34.6 Å². The largest absolute Gasteiger partial charge is 0.435 e. The predicted molar refractivity (Wildman–Crippen MR) is 67.6 cm³/mol. The van der Waals surface area contributed by atoms with Crippen molar-refractivity contribution in [1.29, 1.82) is 0 Å². The van der Waals surface area contributed by atoms with Crippen LogP contribution in [0.1, 0.15) is 0 Å². The molecule has 2 aromatic rings. The lowest BCUT2D eigenvalue weighted by molar-refractivity contribution is -0.0497. The van der Waals surface area contributed by atoms with Crippen LogP contribution in [-0.2, 0) is 7.05 Å². The molecule has 96 valence electrons. The molecule has 0 unspecified atom stereocenters. The molecular weight excluding hydrogens is 260 g/mol. The first-order chi connectivity index (χ1) is 8.52. The number of ether oxygens (including phenoxy) is 1. The zero-order valence-electron chi connectivity index (χ0n) is 9.81. The van der Waals surface area contributed by atoms with Crippen molar-refractivity contribution in [2.45, 2.75) is 11.5 Å². The van der Waals surface area contributed by atoms with E-state index in [9.17, 15) is 13.6 Å². The van der Waals surface area contributed by atoms with Crippen LogP contribution in [0.3, 0.4) is 0 Å². The molecule has 0 bridgehead atoms. The lowest BCUT2D eigenvalue weighted by Crippen LogP contribution is -2.10. The molecule has 0 amide bonds. The third-order valence-corrected chi connectivity index (χ3v) is 3.30. The summed E-state index contributed by atoms with van der Waals surface area (Å²) in [6, 6.07) is 4.32. The van der Waals surface area contributed by atoms with Crippen LogP contribution in [-0.4, -0.2) is 17.4 Å². The Labute approximate surface area is 106 Å². The Kier molecular flexibility index (Phi) is 3.56. The molecule has 0 saturated heterocycles. The van der Waals surface area contributed by atoms with Crippen LogP contribution in [0.4, 0.5) is 8.78 Å². The van der Waals surface area contributed by atoms with E-state index in [0.29, 0.717) is 15.8 Å². The van der Waals surface area contributed by atoms with E-state index in [1.165, 1.54) is 30.0 Å². The van der Waals surface area contributed by atoms with Gasteiger partial charge in [-0.15, -0.1) is 11.8 Å². The fraction of sp³-hybridized carbons (Fsp3) is 0.250. The van der Waals surface area contributed by atoms with E-state index in [4.69, 9.17) is 0 Å². The number of nitrogens with zero attached hydrogens (tertiary/aromatic N) is 1. The summed E-state index contributed by atoms with van der Waals surface area (Å²) in [7, 11) is 1.76. The summed E-state index contributed by atoms with van der Waals surface area (Å²) < 4.78 is 30.3. The van der Waals surface area contributed by atoms with Crippen LogP contribution < -0.4 is 10.2 Å². The molecule has 0 aliphatic rings. The Hall–Kier alpha value is -1.56. The van der Waals surface area contributed by atoms with Crippen LogP contribution in [0.25, 0.3) is 10.9 Å². The molecular formula is C12H11F2NO2S. The summed E-state index contributed by atoms with van der Waals surface area (Å²) in [6.45, 7) is -2.87. The maximum absolute atomic E-state index is 12.1. The zero-order chi connectivity index (χ0) is 13.3. The first-order valence-electron chi connectivity index (χ1n) is 5.15. The van der Waals surface area contributed by atoms with E-state index in [-0.39, 0.29) is 11.2 Å². The van der Waals surface area contributed by atoms with Gasteiger partial charge in [0.25, 0.3) is 0 Å². The normalized spacial score (nSPS) is 11.2. The number of pyridine rings is 1. The number of alkyl halides is 2. The van der Waals surface area contributed by atoms with Gasteiger partial charge in [-0.2, -0.15) is 8.78 Å². The van der Waals surface area contributed by atoms with Crippen LogP contribution >= 0.6 is 11.8 Å². The highest BCUT2D eigenvalue weighted by Crippen LogP contribution is 2.22. The number of benzene rings is 1. The summed E-state index contributed by atoms with van der Waals surface area (Å²) in [6.07, 6.45) is 3.50. The number of thioether (sulfide) groups is 1. The highest BCUT2D eigenvalue weighted by molar-refractivity contribution is 7.98. The van der Waals surface area contributed by atoms with Crippen molar-refractivity contribution < 1.29 is 13.5 Å². The topological polar surface area (TPSA) is 31.2 Å². The van der Waals surface area contributed by atoms with Crippen LogP contribution in [0.5, 0.6) is 5.75 Å². The molecule has 6 heteroatoms. The molecule has 0 aliphatic heterocycles. The minimum atomic E-state index is -2.87. The van der Waals surface area contributed by atoms with Gasteiger partial charge in [0.1, 0.15) is 5.75 Å². The molecule has 0 atom stereocenters. The summed E-state index contributed by atoms with van der Waals surface area (Å²) in [5, 5.41) is 0.492. The Morgan fingerprint density at radius 3 is 2.72 bits per heavy atom. The number of hydrogen-bond acceptors (Lipinski definition) is 3. The molecule has 0 N–H and O–H groups in total. The molecule has 0 aliphatic carbocycles. The molecule has 1 heterocycles. The highest BCUT2D eigenvalue weighted by Gasteiger charge is 2.10. The van der Waals surface area contributed by atoms with Gasteiger partial charge in [0.15, 0.2) is 0 Å². The van der Waals surface area contributed by atoms with Gasteiger partial charge in [0, 0.05) is 24.7 Å². The number of hydrogen-bond donors (Lipinski definition) is 0. The Bertz CT molecular complexity index is 640. The third-order valence-electron chi connectivity index (χ3n) is 2.57. The molecule has 0 saturated carbocycles. The van der Waals surface area contributed by atoms with Gasteiger partial charge in [0.2, 0.25) is 5.43 Å². The van der Waals surface area contributed by atoms with Gasteiger partial charge in [-0.05, 0) is 18.4 Å². The second-order valence-electron chi connectivity index (χ2n) is 3.69. The van der Waals surface area contributed by atoms with Crippen LogP contribution in [0, 0.1) is 0 Å².